The van der Waals surface area contributed by atoms with E-state index in [0.29, 0.717) is 28.5 Å². The summed E-state index contributed by atoms with van der Waals surface area (Å²) >= 11 is 0. The summed E-state index contributed by atoms with van der Waals surface area (Å²) in [4.78, 5) is 0. The van der Waals surface area contributed by atoms with Gasteiger partial charge in [0.1, 0.15) is 11.5 Å². The van der Waals surface area contributed by atoms with Crippen LogP contribution in [0.25, 0.3) is 0 Å². The van der Waals surface area contributed by atoms with Crippen LogP contribution >= 0.6 is 0 Å². The molecule has 0 aliphatic rings. The van der Waals surface area contributed by atoms with Crippen molar-refractivity contribution in [1.29, 1.82) is 0 Å². The molecule has 4 heteroatoms. The molecule has 19 heavy (non-hydrogen) atoms. The highest BCUT2D eigenvalue weighted by Crippen LogP contribution is 2.37. The van der Waals surface area contributed by atoms with Gasteiger partial charge in [-0.15, -0.1) is 0 Å². The minimum Gasteiger partial charge on any atom is -0.496 e. The van der Waals surface area contributed by atoms with E-state index in [1.165, 1.54) is 0 Å². The van der Waals surface area contributed by atoms with Gasteiger partial charge >= 0.3 is 0 Å². The summed E-state index contributed by atoms with van der Waals surface area (Å²) < 4.78 is 10.8. The Kier molecular flexibility index (Phi) is 6.12. The molecule has 2 N–H and O–H groups in total. The van der Waals surface area contributed by atoms with E-state index >= 15 is 0 Å². The lowest BCUT2D eigenvalue weighted by molar-refractivity contribution is 0.263. The van der Waals surface area contributed by atoms with E-state index in [-0.39, 0.29) is 13.2 Å². The third kappa shape index (κ3) is 3.61. The molecule has 0 atom stereocenters. The van der Waals surface area contributed by atoms with Crippen molar-refractivity contribution in [2.45, 2.75) is 39.9 Å². The number of rotatable bonds is 7. The third-order valence-corrected chi connectivity index (χ3v) is 3.20. The lowest BCUT2D eigenvalue weighted by atomic mass is 9.96. The molecule has 0 fully saturated rings. The van der Waals surface area contributed by atoms with Gasteiger partial charge in [-0.3, -0.25) is 0 Å². The van der Waals surface area contributed by atoms with Crippen LogP contribution in [-0.2, 0) is 19.6 Å². The Morgan fingerprint density at radius 1 is 1.00 bits per heavy atom. The average Bonchev–Trinajstić information content (AvgIpc) is 2.42. The fraction of sp³-hybridized carbons (Fsp3) is 0.600. The number of ether oxygens (including phenoxy) is 2. The van der Waals surface area contributed by atoms with E-state index in [1.54, 1.807) is 20.3 Å². The average molecular weight is 268 g/mol. The molecule has 0 saturated heterocycles. The number of hydrogen-bond acceptors (Lipinski definition) is 4. The van der Waals surface area contributed by atoms with Gasteiger partial charge < -0.3 is 19.7 Å². The highest BCUT2D eigenvalue weighted by molar-refractivity contribution is 5.54. The molecule has 0 heterocycles. The topological polar surface area (TPSA) is 58.9 Å². The molecule has 0 radical (unpaired) electrons. The number of benzene rings is 1. The fourth-order valence-electron chi connectivity index (χ4n) is 2.24. The SMILES string of the molecule is COc1c(CO)cc(CO)c(OC)c1CCC(C)C. The van der Waals surface area contributed by atoms with Crippen LogP contribution in [0.2, 0.25) is 0 Å². The first kappa shape index (κ1) is 15.8. The van der Waals surface area contributed by atoms with Crippen LogP contribution in [0.3, 0.4) is 0 Å². The predicted molar refractivity (Wildman–Crippen MR) is 74.6 cm³/mol. The second-order valence-corrected chi connectivity index (χ2v) is 4.99. The standard InChI is InChI=1S/C15H24O4/c1-10(2)5-6-13-14(18-3)11(8-16)7-12(9-17)15(13)19-4/h7,10,16-17H,5-6,8-9H2,1-4H3. The lowest BCUT2D eigenvalue weighted by Gasteiger charge is -2.19. The molecule has 0 unspecified atom stereocenters. The van der Waals surface area contributed by atoms with E-state index in [9.17, 15) is 10.2 Å². The highest BCUT2D eigenvalue weighted by Gasteiger charge is 2.19. The maximum atomic E-state index is 9.43. The van der Waals surface area contributed by atoms with E-state index in [2.05, 4.69) is 13.8 Å². The Bertz CT molecular complexity index is 383. The summed E-state index contributed by atoms with van der Waals surface area (Å²) in [5.41, 5.74) is 2.30. The smallest absolute Gasteiger partial charge is 0.131 e. The van der Waals surface area contributed by atoms with Crippen LogP contribution in [0, 0.1) is 5.92 Å². The maximum Gasteiger partial charge on any atom is 0.131 e. The Hall–Kier alpha value is -1.26. The quantitative estimate of drug-likeness (QED) is 0.796. The van der Waals surface area contributed by atoms with Gasteiger partial charge in [0.05, 0.1) is 27.4 Å². The first-order valence-electron chi connectivity index (χ1n) is 6.56. The Morgan fingerprint density at radius 2 is 1.47 bits per heavy atom. The molecule has 1 aromatic carbocycles. The third-order valence-electron chi connectivity index (χ3n) is 3.20. The monoisotopic (exact) mass is 268 g/mol. The van der Waals surface area contributed by atoms with Crippen molar-refractivity contribution in [2.75, 3.05) is 14.2 Å². The Morgan fingerprint density at radius 3 is 1.79 bits per heavy atom. The van der Waals surface area contributed by atoms with Crippen LogP contribution in [0.5, 0.6) is 11.5 Å². The molecule has 0 aromatic heterocycles. The van der Waals surface area contributed by atoms with Crippen molar-refractivity contribution in [1.82, 2.24) is 0 Å². The van der Waals surface area contributed by atoms with E-state index in [1.807, 2.05) is 0 Å². The van der Waals surface area contributed by atoms with Gasteiger partial charge in [-0.05, 0) is 24.8 Å². The van der Waals surface area contributed by atoms with Crippen LogP contribution < -0.4 is 9.47 Å². The molecular weight excluding hydrogens is 244 g/mol. The minimum absolute atomic E-state index is 0.116. The molecular formula is C15H24O4. The minimum atomic E-state index is -0.116. The zero-order valence-corrected chi connectivity index (χ0v) is 12.2. The van der Waals surface area contributed by atoms with Gasteiger partial charge in [0.25, 0.3) is 0 Å². The fourth-order valence-corrected chi connectivity index (χ4v) is 2.24. The maximum absolute atomic E-state index is 9.43. The van der Waals surface area contributed by atoms with Crippen molar-refractivity contribution in [3.8, 4) is 11.5 Å². The van der Waals surface area contributed by atoms with Crippen LogP contribution in [0.15, 0.2) is 6.07 Å². The first-order chi connectivity index (χ1) is 9.08. The summed E-state index contributed by atoms with van der Waals surface area (Å²) in [5, 5.41) is 18.9. The van der Waals surface area contributed by atoms with E-state index < -0.39 is 0 Å². The van der Waals surface area contributed by atoms with E-state index in [4.69, 9.17) is 9.47 Å². The van der Waals surface area contributed by atoms with Crippen LogP contribution in [-0.4, -0.2) is 24.4 Å². The number of aliphatic hydroxyl groups is 2. The molecule has 1 aromatic rings. The zero-order valence-electron chi connectivity index (χ0n) is 12.2. The summed E-state index contributed by atoms with van der Waals surface area (Å²) in [6.45, 7) is 4.08. The van der Waals surface area contributed by atoms with Gasteiger partial charge in [0.15, 0.2) is 0 Å². The molecule has 0 amide bonds. The van der Waals surface area contributed by atoms with Crippen LogP contribution in [0.1, 0.15) is 37.0 Å². The summed E-state index contributed by atoms with van der Waals surface area (Å²) in [7, 11) is 3.18. The summed E-state index contributed by atoms with van der Waals surface area (Å²) in [6, 6.07) is 1.73. The molecule has 4 nitrogen and oxygen atoms in total. The van der Waals surface area contributed by atoms with Gasteiger partial charge in [-0.2, -0.15) is 0 Å². The molecule has 0 saturated carbocycles. The molecule has 0 bridgehead atoms. The van der Waals surface area contributed by atoms with Gasteiger partial charge in [-0.25, -0.2) is 0 Å². The lowest BCUT2D eigenvalue weighted by Crippen LogP contribution is -2.06. The highest BCUT2D eigenvalue weighted by atomic mass is 16.5. The Labute approximate surface area is 115 Å². The molecule has 0 spiro atoms. The van der Waals surface area contributed by atoms with Crippen molar-refractivity contribution >= 4 is 0 Å². The number of methoxy groups -OCH3 is 2. The normalized spacial score (nSPS) is 10.9. The molecule has 0 aliphatic heterocycles. The molecule has 0 aliphatic carbocycles. The zero-order chi connectivity index (χ0) is 14.4. The Balaban J connectivity index is 3.33. The van der Waals surface area contributed by atoms with Crippen molar-refractivity contribution < 1.29 is 19.7 Å². The summed E-state index contributed by atoms with van der Waals surface area (Å²) in [6.07, 6.45) is 1.79. The number of hydrogen-bond donors (Lipinski definition) is 2. The van der Waals surface area contributed by atoms with Gasteiger partial charge in [-0.1, -0.05) is 13.8 Å². The first-order valence-corrected chi connectivity index (χ1v) is 6.56. The largest absolute Gasteiger partial charge is 0.496 e. The van der Waals surface area contributed by atoms with E-state index in [0.717, 1.165) is 18.4 Å². The molecule has 108 valence electrons. The van der Waals surface area contributed by atoms with Crippen LogP contribution in [0.4, 0.5) is 0 Å². The second kappa shape index (κ2) is 7.36. The molecule has 1 rings (SSSR count). The van der Waals surface area contributed by atoms with Crippen molar-refractivity contribution in [2.24, 2.45) is 5.92 Å². The second-order valence-electron chi connectivity index (χ2n) is 4.99. The summed E-state index contributed by atoms with van der Waals surface area (Å²) in [5.74, 6) is 1.89. The van der Waals surface area contributed by atoms with Gasteiger partial charge in [0, 0.05) is 16.7 Å². The number of aliphatic hydroxyl groups excluding tert-OH is 2. The van der Waals surface area contributed by atoms with Crippen molar-refractivity contribution in [3.05, 3.63) is 22.8 Å². The van der Waals surface area contributed by atoms with Gasteiger partial charge in [0.2, 0.25) is 0 Å². The van der Waals surface area contributed by atoms with Crippen molar-refractivity contribution in [3.63, 3.8) is 0 Å². The predicted octanol–water partition coefficient (Wildman–Crippen LogP) is 2.28.